The van der Waals surface area contributed by atoms with E-state index in [-0.39, 0.29) is 0 Å². The van der Waals surface area contributed by atoms with Crippen molar-refractivity contribution in [1.29, 1.82) is 0 Å². The summed E-state index contributed by atoms with van der Waals surface area (Å²) in [7, 11) is 0. The van der Waals surface area contributed by atoms with Crippen LogP contribution in [-0.4, -0.2) is 35.6 Å². The van der Waals surface area contributed by atoms with Gasteiger partial charge >= 0.3 is 0 Å². The van der Waals surface area contributed by atoms with Crippen LogP contribution in [0.3, 0.4) is 0 Å². The molecule has 0 amide bonds. The molecule has 5 heteroatoms. The monoisotopic (exact) mass is 240 g/mol. The van der Waals surface area contributed by atoms with Gasteiger partial charge in [-0.3, -0.25) is 0 Å². The summed E-state index contributed by atoms with van der Waals surface area (Å²) in [4.78, 5) is 10.8. The number of anilines is 1. The predicted molar refractivity (Wildman–Crippen MR) is 66.0 cm³/mol. The zero-order valence-corrected chi connectivity index (χ0v) is 10.2. The van der Waals surface area contributed by atoms with E-state index in [1.165, 1.54) is 12.8 Å². The first kappa shape index (κ1) is 11.6. The third-order valence-corrected chi connectivity index (χ3v) is 3.11. The molecule has 0 bridgehead atoms. The Morgan fingerprint density at radius 3 is 2.81 bits per heavy atom. The number of hydrogen-bond donors (Lipinski definition) is 1. The maximum atomic E-state index is 5.79. The van der Waals surface area contributed by atoms with Crippen molar-refractivity contribution >= 4 is 17.5 Å². The number of halogens is 1. The van der Waals surface area contributed by atoms with E-state index in [9.17, 15) is 0 Å². The summed E-state index contributed by atoms with van der Waals surface area (Å²) in [5.41, 5.74) is 0. The fourth-order valence-corrected chi connectivity index (χ4v) is 2.21. The Morgan fingerprint density at radius 1 is 1.50 bits per heavy atom. The van der Waals surface area contributed by atoms with Gasteiger partial charge in [-0.1, -0.05) is 11.6 Å². The Morgan fingerprint density at radius 2 is 2.25 bits per heavy atom. The Balaban J connectivity index is 2.11. The molecule has 2 rings (SSSR count). The SMILES string of the molecule is CCN(c1ncc(Cl)cn1)C1CCCNC1. The van der Waals surface area contributed by atoms with Crippen LogP contribution in [-0.2, 0) is 0 Å². The zero-order chi connectivity index (χ0) is 11.4. The molecule has 1 unspecified atom stereocenters. The van der Waals surface area contributed by atoms with Crippen molar-refractivity contribution in [2.24, 2.45) is 0 Å². The highest BCUT2D eigenvalue weighted by atomic mass is 35.5. The number of likely N-dealkylation sites (N-methyl/N-ethyl adjacent to an activating group) is 1. The largest absolute Gasteiger partial charge is 0.337 e. The standard InChI is InChI=1S/C11H17ClN4/c1-2-16(10-4-3-5-13-8-10)11-14-6-9(12)7-15-11/h6-7,10,13H,2-5,8H2,1H3. The number of nitrogens with zero attached hydrogens (tertiary/aromatic N) is 3. The predicted octanol–water partition coefficient (Wildman–Crippen LogP) is 1.71. The first-order valence-corrected chi connectivity index (χ1v) is 6.14. The molecular formula is C11H17ClN4. The maximum Gasteiger partial charge on any atom is 0.225 e. The average molecular weight is 241 g/mol. The topological polar surface area (TPSA) is 41.1 Å². The van der Waals surface area contributed by atoms with E-state index in [1.54, 1.807) is 12.4 Å². The second-order valence-electron chi connectivity index (χ2n) is 3.99. The molecule has 16 heavy (non-hydrogen) atoms. The van der Waals surface area contributed by atoms with Crippen LogP contribution >= 0.6 is 11.6 Å². The summed E-state index contributed by atoms with van der Waals surface area (Å²) in [6.45, 7) is 5.19. The minimum Gasteiger partial charge on any atom is -0.337 e. The third kappa shape index (κ3) is 2.62. The van der Waals surface area contributed by atoms with Gasteiger partial charge in [0.05, 0.1) is 17.4 Å². The highest BCUT2D eigenvalue weighted by Gasteiger charge is 2.21. The van der Waals surface area contributed by atoms with Crippen LogP contribution in [0.25, 0.3) is 0 Å². The smallest absolute Gasteiger partial charge is 0.225 e. The molecule has 0 saturated carbocycles. The van der Waals surface area contributed by atoms with Crippen molar-refractivity contribution in [2.75, 3.05) is 24.5 Å². The van der Waals surface area contributed by atoms with Crippen molar-refractivity contribution in [3.8, 4) is 0 Å². The normalized spacial score (nSPS) is 20.8. The van der Waals surface area contributed by atoms with Crippen LogP contribution in [0.5, 0.6) is 0 Å². The fourth-order valence-electron chi connectivity index (χ4n) is 2.12. The van der Waals surface area contributed by atoms with Crippen molar-refractivity contribution in [3.63, 3.8) is 0 Å². The lowest BCUT2D eigenvalue weighted by molar-refractivity contribution is 0.431. The second-order valence-corrected chi connectivity index (χ2v) is 4.42. The van der Waals surface area contributed by atoms with Crippen LogP contribution in [0.4, 0.5) is 5.95 Å². The summed E-state index contributed by atoms with van der Waals surface area (Å²) in [5, 5.41) is 3.99. The first-order valence-electron chi connectivity index (χ1n) is 5.76. The van der Waals surface area contributed by atoms with E-state index < -0.39 is 0 Å². The van der Waals surface area contributed by atoms with Crippen molar-refractivity contribution in [3.05, 3.63) is 17.4 Å². The molecule has 1 aromatic rings. The van der Waals surface area contributed by atoms with Gasteiger partial charge in [0.2, 0.25) is 5.95 Å². The van der Waals surface area contributed by atoms with Crippen molar-refractivity contribution in [2.45, 2.75) is 25.8 Å². The van der Waals surface area contributed by atoms with Gasteiger partial charge in [0.1, 0.15) is 0 Å². The number of nitrogens with one attached hydrogen (secondary N) is 1. The molecule has 4 nitrogen and oxygen atoms in total. The molecule has 2 heterocycles. The fraction of sp³-hybridized carbons (Fsp3) is 0.636. The minimum absolute atomic E-state index is 0.500. The summed E-state index contributed by atoms with van der Waals surface area (Å²) < 4.78 is 0. The van der Waals surface area contributed by atoms with Gasteiger partial charge in [0.15, 0.2) is 0 Å². The van der Waals surface area contributed by atoms with Gasteiger partial charge in [-0.2, -0.15) is 0 Å². The number of hydrogen-bond acceptors (Lipinski definition) is 4. The highest BCUT2D eigenvalue weighted by Crippen LogP contribution is 2.17. The van der Waals surface area contributed by atoms with Crippen LogP contribution in [0, 0.1) is 0 Å². The number of rotatable bonds is 3. The molecule has 1 fully saturated rings. The molecule has 0 spiro atoms. The summed E-state index contributed by atoms with van der Waals surface area (Å²) in [5.74, 6) is 0.778. The van der Waals surface area contributed by atoms with E-state index in [0.717, 1.165) is 25.6 Å². The van der Waals surface area contributed by atoms with Crippen LogP contribution in [0.15, 0.2) is 12.4 Å². The lowest BCUT2D eigenvalue weighted by atomic mass is 10.1. The molecule has 1 saturated heterocycles. The Labute approximate surface area is 101 Å². The highest BCUT2D eigenvalue weighted by molar-refractivity contribution is 6.30. The molecule has 1 aromatic heterocycles. The lowest BCUT2D eigenvalue weighted by Crippen LogP contribution is -2.46. The number of aromatic nitrogens is 2. The van der Waals surface area contributed by atoms with E-state index in [4.69, 9.17) is 11.6 Å². The van der Waals surface area contributed by atoms with E-state index in [1.807, 2.05) is 0 Å². The van der Waals surface area contributed by atoms with E-state index in [2.05, 4.69) is 27.1 Å². The van der Waals surface area contributed by atoms with Gasteiger partial charge in [-0.15, -0.1) is 0 Å². The lowest BCUT2D eigenvalue weighted by Gasteiger charge is -2.33. The molecule has 0 radical (unpaired) electrons. The molecule has 0 aromatic carbocycles. The Kier molecular flexibility index (Phi) is 3.96. The van der Waals surface area contributed by atoms with Gasteiger partial charge in [0, 0.05) is 19.1 Å². The van der Waals surface area contributed by atoms with Gasteiger partial charge in [0.25, 0.3) is 0 Å². The van der Waals surface area contributed by atoms with E-state index >= 15 is 0 Å². The second kappa shape index (κ2) is 5.46. The van der Waals surface area contributed by atoms with Gasteiger partial charge in [-0.05, 0) is 26.3 Å². The Hall–Kier alpha value is -0.870. The minimum atomic E-state index is 0.500. The third-order valence-electron chi connectivity index (χ3n) is 2.92. The first-order chi connectivity index (χ1) is 7.81. The summed E-state index contributed by atoms with van der Waals surface area (Å²) >= 11 is 5.79. The maximum absolute atomic E-state index is 5.79. The molecule has 1 aliphatic rings. The Bertz CT molecular complexity index is 321. The average Bonchev–Trinajstić information content (AvgIpc) is 2.34. The molecule has 88 valence electrons. The molecule has 1 atom stereocenters. The summed E-state index contributed by atoms with van der Waals surface area (Å²) in [6.07, 6.45) is 5.73. The molecule has 1 N–H and O–H groups in total. The van der Waals surface area contributed by atoms with Crippen LogP contribution in [0.1, 0.15) is 19.8 Å². The van der Waals surface area contributed by atoms with Crippen LogP contribution < -0.4 is 10.2 Å². The van der Waals surface area contributed by atoms with Gasteiger partial charge < -0.3 is 10.2 Å². The quantitative estimate of drug-likeness (QED) is 0.874. The molecular weight excluding hydrogens is 224 g/mol. The van der Waals surface area contributed by atoms with Gasteiger partial charge in [-0.25, -0.2) is 9.97 Å². The number of piperidine rings is 1. The molecule has 1 aliphatic heterocycles. The van der Waals surface area contributed by atoms with Crippen molar-refractivity contribution in [1.82, 2.24) is 15.3 Å². The van der Waals surface area contributed by atoms with Crippen molar-refractivity contribution < 1.29 is 0 Å². The summed E-state index contributed by atoms with van der Waals surface area (Å²) in [6, 6.07) is 0.500. The molecule has 0 aliphatic carbocycles. The van der Waals surface area contributed by atoms with E-state index in [0.29, 0.717) is 11.1 Å². The zero-order valence-electron chi connectivity index (χ0n) is 9.49. The van der Waals surface area contributed by atoms with Crippen LogP contribution in [0.2, 0.25) is 5.02 Å².